The summed E-state index contributed by atoms with van der Waals surface area (Å²) in [7, 11) is 0. The molecule has 1 rings (SSSR count). The lowest BCUT2D eigenvalue weighted by Crippen LogP contribution is -2.48. The van der Waals surface area contributed by atoms with E-state index in [9.17, 15) is 14.4 Å². The third kappa shape index (κ3) is 7.32. The van der Waals surface area contributed by atoms with E-state index in [4.69, 9.17) is 9.84 Å². The molecule has 1 atom stereocenters. The fourth-order valence-electron chi connectivity index (χ4n) is 2.35. The average molecular weight is 329 g/mol. The summed E-state index contributed by atoms with van der Waals surface area (Å²) in [4.78, 5) is 37.9. The van der Waals surface area contributed by atoms with Crippen molar-refractivity contribution in [1.82, 2.24) is 15.1 Å². The van der Waals surface area contributed by atoms with Crippen LogP contribution in [0.3, 0.4) is 0 Å². The van der Waals surface area contributed by atoms with Crippen LogP contribution in [0.15, 0.2) is 0 Å². The highest BCUT2D eigenvalue weighted by molar-refractivity contribution is 5.82. The van der Waals surface area contributed by atoms with Crippen molar-refractivity contribution in [2.75, 3.05) is 32.7 Å². The van der Waals surface area contributed by atoms with Crippen LogP contribution >= 0.6 is 0 Å². The number of amides is 2. The Kier molecular flexibility index (Phi) is 6.80. The number of carbonyl (C=O) groups excluding carboxylic acids is 2. The molecule has 0 saturated carbocycles. The first kappa shape index (κ1) is 19.2. The summed E-state index contributed by atoms with van der Waals surface area (Å²) in [5.41, 5.74) is -0.539. The predicted octanol–water partition coefficient (Wildman–Crippen LogP) is 0.519. The van der Waals surface area contributed by atoms with Crippen LogP contribution in [-0.2, 0) is 14.3 Å². The van der Waals surface area contributed by atoms with Gasteiger partial charge in [-0.1, -0.05) is 0 Å². The largest absolute Gasteiger partial charge is 0.480 e. The molecular formula is C15H27N3O5. The Morgan fingerprint density at radius 3 is 2.35 bits per heavy atom. The quantitative estimate of drug-likeness (QED) is 0.780. The van der Waals surface area contributed by atoms with Crippen molar-refractivity contribution in [1.29, 1.82) is 0 Å². The Labute approximate surface area is 136 Å². The number of carboxylic acids is 1. The minimum absolute atomic E-state index is 0.219. The van der Waals surface area contributed by atoms with Crippen molar-refractivity contribution in [2.24, 2.45) is 0 Å². The highest BCUT2D eigenvalue weighted by Crippen LogP contribution is 2.12. The molecule has 23 heavy (non-hydrogen) atoms. The molecule has 2 amide bonds. The summed E-state index contributed by atoms with van der Waals surface area (Å²) < 4.78 is 5.36. The van der Waals surface area contributed by atoms with Gasteiger partial charge >= 0.3 is 12.1 Å². The number of carbonyl (C=O) groups is 3. The summed E-state index contributed by atoms with van der Waals surface area (Å²) in [6, 6.07) is -0.944. The first-order valence-electron chi connectivity index (χ1n) is 7.78. The maximum absolute atomic E-state index is 12.1. The minimum atomic E-state index is -1.06. The van der Waals surface area contributed by atoms with E-state index in [2.05, 4.69) is 5.32 Å². The SMILES string of the molecule is CC(=O)NC(CN1CCCN(C(=O)OC(C)(C)C)CC1)C(=O)O. The van der Waals surface area contributed by atoms with Gasteiger partial charge in [0.1, 0.15) is 11.6 Å². The number of nitrogens with zero attached hydrogens (tertiary/aromatic N) is 2. The van der Waals surface area contributed by atoms with Gasteiger partial charge in [0.25, 0.3) is 0 Å². The van der Waals surface area contributed by atoms with E-state index in [1.54, 1.807) is 4.90 Å². The smallest absolute Gasteiger partial charge is 0.410 e. The molecule has 0 bridgehead atoms. The third-order valence-electron chi connectivity index (χ3n) is 3.36. The molecule has 0 radical (unpaired) electrons. The zero-order valence-electron chi connectivity index (χ0n) is 14.3. The highest BCUT2D eigenvalue weighted by atomic mass is 16.6. The van der Waals surface area contributed by atoms with Crippen LogP contribution in [-0.4, -0.2) is 77.2 Å². The summed E-state index contributed by atoms with van der Waals surface area (Å²) in [5.74, 6) is -1.43. The minimum Gasteiger partial charge on any atom is -0.480 e. The number of carboxylic acid groups (broad SMARTS) is 1. The normalized spacial score (nSPS) is 18.0. The number of nitrogens with one attached hydrogen (secondary N) is 1. The van der Waals surface area contributed by atoms with Crippen molar-refractivity contribution in [3.05, 3.63) is 0 Å². The molecule has 0 aromatic rings. The zero-order valence-corrected chi connectivity index (χ0v) is 14.3. The van der Waals surface area contributed by atoms with E-state index in [0.717, 1.165) is 6.42 Å². The molecule has 1 aliphatic rings. The number of ether oxygens (including phenoxy) is 1. The molecular weight excluding hydrogens is 302 g/mol. The molecule has 132 valence electrons. The lowest BCUT2D eigenvalue weighted by molar-refractivity contribution is -0.142. The molecule has 1 saturated heterocycles. The Morgan fingerprint density at radius 2 is 1.83 bits per heavy atom. The van der Waals surface area contributed by atoms with Gasteiger partial charge in [0.15, 0.2) is 0 Å². The van der Waals surface area contributed by atoms with Crippen LogP contribution in [0.5, 0.6) is 0 Å². The molecule has 0 aliphatic carbocycles. The first-order chi connectivity index (χ1) is 10.6. The van der Waals surface area contributed by atoms with Gasteiger partial charge in [-0.3, -0.25) is 9.69 Å². The Morgan fingerprint density at radius 1 is 1.17 bits per heavy atom. The van der Waals surface area contributed by atoms with E-state index in [1.165, 1.54) is 6.92 Å². The van der Waals surface area contributed by atoms with Crippen molar-refractivity contribution in [2.45, 2.75) is 45.8 Å². The molecule has 1 heterocycles. The van der Waals surface area contributed by atoms with E-state index in [0.29, 0.717) is 26.2 Å². The van der Waals surface area contributed by atoms with Crippen LogP contribution in [0.25, 0.3) is 0 Å². The van der Waals surface area contributed by atoms with E-state index in [-0.39, 0.29) is 18.5 Å². The summed E-state index contributed by atoms with van der Waals surface area (Å²) >= 11 is 0. The lowest BCUT2D eigenvalue weighted by Gasteiger charge is -2.27. The molecule has 0 aromatic heterocycles. The Bertz CT molecular complexity index is 447. The topological polar surface area (TPSA) is 99.2 Å². The highest BCUT2D eigenvalue weighted by Gasteiger charge is 2.27. The average Bonchev–Trinajstić information content (AvgIpc) is 2.61. The Balaban J connectivity index is 2.56. The maximum atomic E-state index is 12.1. The van der Waals surface area contributed by atoms with Crippen molar-refractivity contribution < 1.29 is 24.2 Å². The molecule has 0 aromatic carbocycles. The molecule has 1 aliphatic heterocycles. The standard InChI is InChI=1S/C15H27N3O5/c1-11(19)16-12(13(20)21)10-17-6-5-7-18(9-8-17)14(22)23-15(2,3)4/h12H,5-10H2,1-4H3,(H,16,19)(H,20,21). The van der Waals surface area contributed by atoms with Crippen molar-refractivity contribution >= 4 is 18.0 Å². The van der Waals surface area contributed by atoms with Gasteiger partial charge in [-0.25, -0.2) is 9.59 Å². The van der Waals surface area contributed by atoms with E-state index < -0.39 is 17.6 Å². The van der Waals surface area contributed by atoms with Gasteiger partial charge < -0.3 is 20.1 Å². The monoisotopic (exact) mass is 329 g/mol. The molecule has 8 heteroatoms. The van der Waals surface area contributed by atoms with Crippen LogP contribution < -0.4 is 5.32 Å². The lowest BCUT2D eigenvalue weighted by atomic mass is 10.2. The summed E-state index contributed by atoms with van der Waals surface area (Å²) in [5, 5.41) is 11.6. The van der Waals surface area contributed by atoms with Crippen LogP contribution in [0, 0.1) is 0 Å². The number of aliphatic carboxylic acids is 1. The van der Waals surface area contributed by atoms with Gasteiger partial charge in [0.05, 0.1) is 0 Å². The number of hydrogen-bond acceptors (Lipinski definition) is 5. The zero-order chi connectivity index (χ0) is 17.6. The molecule has 8 nitrogen and oxygen atoms in total. The third-order valence-corrected chi connectivity index (χ3v) is 3.36. The number of rotatable bonds is 4. The van der Waals surface area contributed by atoms with Crippen molar-refractivity contribution in [3.63, 3.8) is 0 Å². The van der Waals surface area contributed by atoms with E-state index >= 15 is 0 Å². The molecule has 2 N–H and O–H groups in total. The molecule has 1 unspecified atom stereocenters. The fourth-order valence-corrected chi connectivity index (χ4v) is 2.35. The second kappa shape index (κ2) is 8.14. The second-order valence-corrected chi connectivity index (χ2v) is 6.71. The van der Waals surface area contributed by atoms with Gasteiger partial charge in [0.2, 0.25) is 5.91 Å². The van der Waals surface area contributed by atoms with Crippen LogP contribution in [0.1, 0.15) is 34.1 Å². The second-order valence-electron chi connectivity index (χ2n) is 6.71. The summed E-state index contributed by atoms with van der Waals surface area (Å²) in [6.45, 7) is 9.23. The van der Waals surface area contributed by atoms with Gasteiger partial charge in [0, 0.05) is 33.1 Å². The van der Waals surface area contributed by atoms with Gasteiger partial charge in [-0.15, -0.1) is 0 Å². The molecule has 0 spiro atoms. The Hall–Kier alpha value is -1.83. The first-order valence-corrected chi connectivity index (χ1v) is 7.78. The van der Waals surface area contributed by atoms with Crippen LogP contribution in [0.4, 0.5) is 4.79 Å². The van der Waals surface area contributed by atoms with Gasteiger partial charge in [-0.05, 0) is 33.7 Å². The predicted molar refractivity (Wildman–Crippen MR) is 84.1 cm³/mol. The van der Waals surface area contributed by atoms with Gasteiger partial charge in [-0.2, -0.15) is 0 Å². The fraction of sp³-hybridized carbons (Fsp3) is 0.800. The molecule has 1 fully saturated rings. The summed E-state index contributed by atoms with van der Waals surface area (Å²) in [6.07, 6.45) is 0.377. The van der Waals surface area contributed by atoms with Crippen LogP contribution in [0.2, 0.25) is 0 Å². The van der Waals surface area contributed by atoms with E-state index in [1.807, 2.05) is 25.7 Å². The number of hydrogen-bond donors (Lipinski definition) is 2. The van der Waals surface area contributed by atoms with Crippen molar-refractivity contribution in [3.8, 4) is 0 Å². The maximum Gasteiger partial charge on any atom is 0.410 e.